The van der Waals surface area contributed by atoms with Crippen molar-refractivity contribution in [2.75, 3.05) is 0 Å². The van der Waals surface area contributed by atoms with Crippen LogP contribution in [0, 0.1) is 0 Å². The van der Waals surface area contributed by atoms with Gasteiger partial charge in [0.15, 0.2) is 0 Å². The molecule has 7 aromatic carbocycles. The summed E-state index contributed by atoms with van der Waals surface area (Å²) >= 11 is 0. The number of hydrogen-bond donors (Lipinski definition) is 0. The zero-order valence-electron chi connectivity index (χ0n) is 27.7. The van der Waals surface area contributed by atoms with Gasteiger partial charge < -0.3 is 4.57 Å². The van der Waals surface area contributed by atoms with E-state index >= 15 is 0 Å². The number of allylic oxidation sites excluding steroid dienone is 3. The van der Waals surface area contributed by atoms with Crippen molar-refractivity contribution in [2.45, 2.75) is 25.7 Å². The second-order valence-electron chi connectivity index (χ2n) is 14.1. The predicted molar refractivity (Wildman–Crippen MR) is 209 cm³/mol. The highest BCUT2D eigenvalue weighted by Gasteiger charge is 2.41. The summed E-state index contributed by atoms with van der Waals surface area (Å²) in [4.78, 5) is 0. The lowest BCUT2D eigenvalue weighted by Crippen LogP contribution is -2.17. The fourth-order valence-corrected chi connectivity index (χ4v) is 8.78. The molecule has 49 heavy (non-hydrogen) atoms. The van der Waals surface area contributed by atoms with Gasteiger partial charge in [-0.15, -0.1) is 0 Å². The lowest BCUT2D eigenvalue weighted by Gasteiger charge is -2.26. The van der Waals surface area contributed by atoms with Gasteiger partial charge in [-0.2, -0.15) is 0 Å². The molecule has 0 fully saturated rings. The van der Waals surface area contributed by atoms with E-state index in [1.54, 1.807) is 0 Å². The van der Waals surface area contributed by atoms with E-state index in [1.165, 1.54) is 93.9 Å². The molecule has 0 radical (unpaired) electrons. The number of aromatic nitrogens is 1. The minimum Gasteiger partial charge on any atom is -0.309 e. The van der Waals surface area contributed by atoms with Crippen LogP contribution in [-0.2, 0) is 5.41 Å². The molecule has 0 saturated carbocycles. The minimum atomic E-state index is -0.102. The maximum absolute atomic E-state index is 2.46. The smallest absolute Gasteiger partial charge is 0.0541 e. The summed E-state index contributed by atoms with van der Waals surface area (Å²) in [7, 11) is 0. The number of nitrogens with zero attached hydrogens (tertiary/aromatic N) is 1. The molecule has 0 amide bonds. The van der Waals surface area contributed by atoms with Crippen LogP contribution >= 0.6 is 0 Å². The van der Waals surface area contributed by atoms with Crippen molar-refractivity contribution in [1.82, 2.24) is 4.57 Å². The van der Waals surface area contributed by atoms with Crippen LogP contribution in [-0.4, -0.2) is 4.57 Å². The molecule has 0 bridgehead atoms. The molecule has 0 atom stereocenters. The SMILES string of the molecule is CC1(C)C2=C(CC(c3ccc4c(c3)c3cc(-c5ccccc5)ccc3n4-c3ccccc3)=Cc3ccccc32)c2c1ccc1ccccc21. The Morgan fingerprint density at radius 1 is 0.531 bits per heavy atom. The second-order valence-corrected chi connectivity index (χ2v) is 14.1. The van der Waals surface area contributed by atoms with Crippen molar-refractivity contribution >= 4 is 55.4 Å². The molecule has 2 aliphatic rings. The molecule has 8 aromatic rings. The first kappa shape index (κ1) is 28.1. The highest BCUT2D eigenvalue weighted by molar-refractivity contribution is 6.15. The minimum absolute atomic E-state index is 0.102. The van der Waals surface area contributed by atoms with Crippen LogP contribution in [0.3, 0.4) is 0 Å². The summed E-state index contributed by atoms with van der Waals surface area (Å²) in [6.45, 7) is 4.83. The van der Waals surface area contributed by atoms with Crippen molar-refractivity contribution < 1.29 is 0 Å². The number of para-hydroxylation sites is 1. The molecule has 0 spiro atoms. The van der Waals surface area contributed by atoms with E-state index in [1.807, 2.05) is 0 Å². The van der Waals surface area contributed by atoms with Crippen molar-refractivity contribution in [3.8, 4) is 16.8 Å². The Balaban J connectivity index is 1.22. The van der Waals surface area contributed by atoms with E-state index < -0.39 is 0 Å². The van der Waals surface area contributed by atoms with E-state index in [-0.39, 0.29) is 5.41 Å². The van der Waals surface area contributed by atoms with Crippen LogP contribution in [0.2, 0.25) is 0 Å². The first-order valence-corrected chi connectivity index (χ1v) is 17.3. The van der Waals surface area contributed by atoms with E-state index in [4.69, 9.17) is 0 Å². The molecular formula is C48H35N. The largest absolute Gasteiger partial charge is 0.309 e. The quantitative estimate of drug-likeness (QED) is 0.184. The van der Waals surface area contributed by atoms with Gasteiger partial charge in [0.1, 0.15) is 0 Å². The maximum Gasteiger partial charge on any atom is 0.0541 e. The zero-order valence-corrected chi connectivity index (χ0v) is 27.7. The molecule has 1 heteroatoms. The van der Waals surface area contributed by atoms with Gasteiger partial charge in [-0.25, -0.2) is 0 Å². The van der Waals surface area contributed by atoms with Gasteiger partial charge in [-0.1, -0.05) is 141 Å². The number of rotatable bonds is 3. The van der Waals surface area contributed by atoms with Gasteiger partial charge in [0, 0.05) is 21.9 Å². The normalized spacial score (nSPS) is 14.9. The fourth-order valence-electron chi connectivity index (χ4n) is 8.78. The summed E-state index contributed by atoms with van der Waals surface area (Å²) < 4.78 is 2.42. The van der Waals surface area contributed by atoms with Gasteiger partial charge in [0.2, 0.25) is 0 Å². The first-order valence-electron chi connectivity index (χ1n) is 17.3. The van der Waals surface area contributed by atoms with Gasteiger partial charge in [0.05, 0.1) is 11.0 Å². The average Bonchev–Trinajstić information content (AvgIpc) is 3.50. The number of benzene rings is 7. The Labute approximate surface area is 287 Å². The number of hydrogen-bond acceptors (Lipinski definition) is 0. The van der Waals surface area contributed by atoms with E-state index in [0.29, 0.717) is 0 Å². The molecule has 10 rings (SSSR count). The molecule has 0 N–H and O–H groups in total. The Hall–Kier alpha value is -5.92. The van der Waals surface area contributed by atoms with Crippen molar-refractivity contribution in [3.05, 3.63) is 186 Å². The average molecular weight is 626 g/mol. The molecule has 0 unspecified atom stereocenters. The summed E-state index contributed by atoms with van der Waals surface area (Å²) in [5.74, 6) is 0. The van der Waals surface area contributed by atoms with Gasteiger partial charge in [0.25, 0.3) is 0 Å². The Kier molecular flexibility index (Phi) is 6.05. The molecule has 0 aliphatic heterocycles. The Morgan fingerprint density at radius 3 is 1.98 bits per heavy atom. The van der Waals surface area contributed by atoms with E-state index in [2.05, 4.69) is 182 Å². The Morgan fingerprint density at radius 2 is 1.18 bits per heavy atom. The topological polar surface area (TPSA) is 4.93 Å². The van der Waals surface area contributed by atoms with Crippen LogP contribution in [0.5, 0.6) is 0 Å². The van der Waals surface area contributed by atoms with Crippen molar-refractivity contribution in [3.63, 3.8) is 0 Å². The molecule has 2 aliphatic carbocycles. The highest BCUT2D eigenvalue weighted by Crippen LogP contribution is 2.57. The Bertz CT molecular complexity index is 2680. The second kappa shape index (κ2) is 10.5. The van der Waals surface area contributed by atoms with E-state index in [0.717, 1.165) is 6.42 Å². The zero-order chi connectivity index (χ0) is 32.7. The van der Waals surface area contributed by atoms with Gasteiger partial charge >= 0.3 is 0 Å². The van der Waals surface area contributed by atoms with Crippen molar-refractivity contribution in [2.24, 2.45) is 0 Å². The summed E-state index contributed by atoms with van der Waals surface area (Å²) in [5, 5.41) is 5.21. The van der Waals surface area contributed by atoms with Gasteiger partial charge in [-0.3, -0.25) is 0 Å². The lowest BCUT2D eigenvalue weighted by molar-refractivity contribution is 0.704. The number of fused-ring (bicyclic) bond motifs is 9. The van der Waals surface area contributed by atoms with Crippen LogP contribution in [0.15, 0.2) is 158 Å². The molecule has 1 nitrogen and oxygen atoms in total. The monoisotopic (exact) mass is 625 g/mol. The molecule has 1 heterocycles. The fraction of sp³-hybridized carbons (Fsp3) is 0.0833. The summed E-state index contributed by atoms with van der Waals surface area (Å²) in [5.41, 5.74) is 17.1. The predicted octanol–water partition coefficient (Wildman–Crippen LogP) is 12.8. The summed E-state index contributed by atoms with van der Waals surface area (Å²) in [6, 6.07) is 58.2. The first-order chi connectivity index (χ1) is 24.1. The summed E-state index contributed by atoms with van der Waals surface area (Å²) in [6.07, 6.45) is 3.34. The standard InChI is InChI=1S/C48H35N/c1-48(2)43-24-21-32-15-9-11-19-38(32)46(43)42-30-36(27-35-16-10-12-20-39(35)47(42)48)34-23-26-45-41(29-34)40-28-33(31-13-5-3-6-14-31)22-25-44(40)49(45)37-17-7-4-8-18-37/h3-29H,30H2,1-2H3. The highest BCUT2D eigenvalue weighted by atomic mass is 15.0. The molecule has 0 saturated heterocycles. The van der Waals surface area contributed by atoms with Crippen LogP contribution < -0.4 is 0 Å². The van der Waals surface area contributed by atoms with Crippen LogP contribution in [0.1, 0.15) is 48.1 Å². The van der Waals surface area contributed by atoms with Crippen LogP contribution in [0.4, 0.5) is 0 Å². The van der Waals surface area contributed by atoms with Crippen LogP contribution in [0.25, 0.3) is 72.2 Å². The van der Waals surface area contributed by atoms with E-state index in [9.17, 15) is 0 Å². The van der Waals surface area contributed by atoms with Gasteiger partial charge in [-0.05, 0) is 109 Å². The maximum atomic E-state index is 2.46. The third kappa shape index (κ3) is 4.19. The molecular weight excluding hydrogens is 591 g/mol. The van der Waals surface area contributed by atoms with Crippen molar-refractivity contribution in [1.29, 1.82) is 0 Å². The third-order valence-corrected chi connectivity index (χ3v) is 11.0. The lowest BCUT2D eigenvalue weighted by atomic mass is 9.77. The third-order valence-electron chi connectivity index (χ3n) is 11.0. The molecule has 1 aromatic heterocycles. The molecule has 232 valence electrons.